The maximum atomic E-state index is 12.4. The van der Waals surface area contributed by atoms with Crippen molar-refractivity contribution in [3.8, 4) is 17.2 Å². The Bertz CT molecular complexity index is 1440. The van der Waals surface area contributed by atoms with E-state index in [-0.39, 0.29) is 23.9 Å². The molecule has 0 radical (unpaired) electrons. The summed E-state index contributed by atoms with van der Waals surface area (Å²) in [5.74, 6) is 1.97. The lowest BCUT2D eigenvalue weighted by Gasteiger charge is -2.44. The standard InChI is InChI=1S/C28H28N6O4/c1-34(16-22(29)35)14-13-20-15-21-26(38-17-37-21)27(36-2)23(20)25(34)28-30-31-32-33(28)24(18-9-5-3-6-10-18)19-11-7-4-8-12-19/h3-12,15,24-25H,13-14,16-17H2,1-2H3,(H-,29,35)/p+1/t25-,34?/m0/s1. The molecule has 1 aromatic heterocycles. The Labute approximate surface area is 220 Å². The number of nitrogens with two attached hydrogens (primary N) is 1. The number of nitrogens with zero attached hydrogens (tertiary/aromatic N) is 5. The Morgan fingerprint density at radius 3 is 2.45 bits per heavy atom. The molecule has 0 spiro atoms. The molecule has 2 aliphatic heterocycles. The molecule has 0 saturated heterocycles. The SMILES string of the molecule is COc1c2c(cc3c1[C@@H](c1nnnn1C(c1ccccc1)c1ccccc1)[N+](C)(CC(N)=O)CC3)OCO2. The van der Waals surface area contributed by atoms with Gasteiger partial charge in [0.25, 0.3) is 5.91 Å². The van der Waals surface area contributed by atoms with Crippen LogP contribution in [0.25, 0.3) is 0 Å². The fraction of sp³-hybridized carbons (Fsp3) is 0.286. The number of ether oxygens (including phenoxy) is 3. The number of likely N-dealkylation sites (N-methyl/N-ethyl adjacent to an activating group) is 1. The number of aromatic nitrogens is 4. The van der Waals surface area contributed by atoms with Gasteiger partial charge >= 0.3 is 0 Å². The smallest absolute Gasteiger partial charge is 0.272 e. The van der Waals surface area contributed by atoms with Gasteiger partial charge in [-0.15, -0.1) is 5.10 Å². The average Bonchev–Trinajstić information content (AvgIpc) is 3.58. The average molecular weight is 514 g/mol. The Kier molecular flexibility index (Phi) is 5.96. The van der Waals surface area contributed by atoms with E-state index in [1.54, 1.807) is 7.11 Å². The van der Waals surface area contributed by atoms with Crippen LogP contribution in [0.4, 0.5) is 0 Å². The number of tetrazole rings is 1. The highest BCUT2D eigenvalue weighted by atomic mass is 16.7. The first-order valence-corrected chi connectivity index (χ1v) is 12.5. The maximum absolute atomic E-state index is 12.4. The molecule has 38 heavy (non-hydrogen) atoms. The number of hydrogen-bond acceptors (Lipinski definition) is 7. The molecule has 10 nitrogen and oxygen atoms in total. The van der Waals surface area contributed by atoms with Gasteiger partial charge < -0.3 is 24.4 Å². The third kappa shape index (κ3) is 3.93. The number of carbonyl (C=O) groups excluding carboxylic acids is 1. The lowest BCUT2D eigenvalue weighted by atomic mass is 9.87. The van der Waals surface area contributed by atoms with E-state index in [9.17, 15) is 4.79 Å². The molecule has 0 aliphatic carbocycles. The number of quaternary nitrogens is 1. The molecule has 4 aromatic rings. The van der Waals surface area contributed by atoms with Gasteiger partial charge in [-0.3, -0.25) is 4.79 Å². The highest BCUT2D eigenvalue weighted by molar-refractivity contribution is 5.75. The summed E-state index contributed by atoms with van der Waals surface area (Å²) >= 11 is 0. The number of rotatable bonds is 7. The summed E-state index contributed by atoms with van der Waals surface area (Å²) in [5, 5.41) is 13.3. The van der Waals surface area contributed by atoms with Crippen molar-refractivity contribution < 1.29 is 23.5 Å². The van der Waals surface area contributed by atoms with Gasteiger partial charge in [-0.1, -0.05) is 60.7 Å². The molecule has 2 atom stereocenters. The van der Waals surface area contributed by atoms with Crippen LogP contribution in [-0.4, -0.2) is 64.6 Å². The molecule has 3 aromatic carbocycles. The summed E-state index contributed by atoms with van der Waals surface area (Å²) in [6, 6.07) is 21.5. The summed E-state index contributed by atoms with van der Waals surface area (Å²) < 4.78 is 19.6. The fourth-order valence-corrected chi connectivity index (χ4v) is 5.85. The lowest BCUT2D eigenvalue weighted by Crippen LogP contribution is -2.56. The van der Waals surface area contributed by atoms with Gasteiger partial charge in [0, 0.05) is 6.42 Å². The number of primary amides is 1. The minimum atomic E-state index is -0.458. The largest absolute Gasteiger partial charge is 0.492 e. The summed E-state index contributed by atoms with van der Waals surface area (Å²) in [5.41, 5.74) is 9.78. The van der Waals surface area contributed by atoms with Crippen molar-refractivity contribution in [2.75, 3.05) is 34.0 Å². The van der Waals surface area contributed by atoms with E-state index >= 15 is 0 Å². The molecule has 2 aliphatic rings. The van der Waals surface area contributed by atoms with Crippen molar-refractivity contribution in [2.24, 2.45) is 5.73 Å². The molecule has 0 saturated carbocycles. The van der Waals surface area contributed by atoms with Crippen molar-refractivity contribution in [3.63, 3.8) is 0 Å². The van der Waals surface area contributed by atoms with Crippen molar-refractivity contribution in [3.05, 3.63) is 94.8 Å². The van der Waals surface area contributed by atoms with Crippen molar-refractivity contribution in [2.45, 2.75) is 18.5 Å². The minimum absolute atomic E-state index is 0.107. The minimum Gasteiger partial charge on any atom is -0.492 e. The second-order valence-electron chi connectivity index (χ2n) is 9.90. The van der Waals surface area contributed by atoms with Gasteiger partial charge in [-0.05, 0) is 33.2 Å². The van der Waals surface area contributed by atoms with E-state index in [1.165, 1.54) is 0 Å². The Balaban J connectivity index is 1.60. The zero-order chi connectivity index (χ0) is 26.3. The summed E-state index contributed by atoms with van der Waals surface area (Å²) in [7, 11) is 3.63. The molecule has 1 unspecified atom stereocenters. The van der Waals surface area contributed by atoms with Crippen LogP contribution in [0.15, 0.2) is 66.7 Å². The third-order valence-electron chi connectivity index (χ3n) is 7.49. The van der Waals surface area contributed by atoms with Crippen molar-refractivity contribution in [1.82, 2.24) is 20.2 Å². The van der Waals surface area contributed by atoms with Gasteiger partial charge in [0.1, 0.15) is 6.04 Å². The molecule has 2 N–H and O–H groups in total. The van der Waals surface area contributed by atoms with E-state index in [4.69, 9.17) is 19.9 Å². The monoisotopic (exact) mass is 513 g/mol. The van der Waals surface area contributed by atoms with Crippen molar-refractivity contribution in [1.29, 1.82) is 0 Å². The first-order valence-electron chi connectivity index (χ1n) is 12.5. The molecular weight excluding hydrogens is 484 g/mol. The van der Waals surface area contributed by atoms with Gasteiger partial charge in [-0.25, -0.2) is 4.68 Å². The second kappa shape index (κ2) is 9.46. The second-order valence-corrected chi connectivity index (χ2v) is 9.90. The summed E-state index contributed by atoms with van der Waals surface area (Å²) in [6.45, 7) is 0.877. The molecule has 0 bridgehead atoms. The van der Waals surface area contributed by atoms with E-state index in [0.717, 1.165) is 22.3 Å². The number of benzene rings is 3. The van der Waals surface area contributed by atoms with Crippen LogP contribution in [0.5, 0.6) is 17.2 Å². The molecular formula is C28H29N6O4+. The predicted molar refractivity (Wildman–Crippen MR) is 138 cm³/mol. The Morgan fingerprint density at radius 2 is 1.82 bits per heavy atom. The zero-order valence-corrected chi connectivity index (χ0v) is 21.3. The van der Waals surface area contributed by atoms with Crippen LogP contribution in [0.3, 0.4) is 0 Å². The van der Waals surface area contributed by atoms with Gasteiger partial charge in [0.05, 0.1) is 26.3 Å². The Morgan fingerprint density at radius 1 is 1.13 bits per heavy atom. The normalized spacial score (nSPS) is 19.8. The third-order valence-corrected chi connectivity index (χ3v) is 7.49. The van der Waals surface area contributed by atoms with Crippen LogP contribution in [0.2, 0.25) is 0 Å². The summed E-state index contributed by atoms with van der Waals surface area (Å²) in [4.78, 5) is 12.4. The van der Waals surface area contributed by atoms with Gasteiger partial charge in [-0.2, -0.15) is 0 Å². The number of fused-ring (bicyclic) bond motifs is 2. The summed E-state index contributed by atoms with van der Waals surface area (Å²) in [6.07, 6.45) is 0.699. The quantitative estimate of drug-likeness (QED) is 0.378. The lowest BCUT2D eigenvalue weighted by molar-refractivity contribution is -0.929. The highest BCUT2D eigenvalue weighted by Gasteiger charge is 2.48. The number of methoxy groups -OCH3 is 1. The maximum Gasteiger partial charge on any atom is 0.272 e. The Hall–Kier alpha value is -4.44. The zero-order valence-electron chi connectivity index (χ0n) is 21.3. The van der Waals surface area contributed by atoms with E-state index in [0.29, 0.717) is 36.0 Å². The molecule has 0 fully saturated rings. The number of carbonyl (C=O) groups is 1. The van der Waals surface area contributed by atoms with Gasteiger partial charge in [0.15, 0.2) is 24.1 Å². The topological polar surface area (TPSA) is 114 Å². The molecule has 3 heterocycles. The molecule has 1 amide bonds. The van der Waals surface area contributed by atoms with E-state index in [2.05, 4.69) is 39.8 Å². The van der Waals surface area contributed by atoms with Crippen LogP contribution in [-0.2, 0) is 11.2 Å². The first kappa shape index (κ1) is 23.9. The van der Waals surface area contributed by atoms with Gasteiger partial charge in [0.2, 0.25) is 18.4 Å². The van der Waals surface area contributed by atoms with Crippen LogP contribution in [0, 0.1) is 0 Å². The van der Waals surface area contributed by atoms with Crippen LogP contribution in [0.1, 0.15) is 40.2 Å². The molecule has 194 valence electrons. The van der Waals surface area contributed by atoms with Crippen molar-refractivity contribution >= 4 is 5.91 Å². The van der Waals surface area contributed by atoms with E-state index in [1.807, 2.05) is 54.2 Å². The molecule has 6 rings (SSSR count). The fourth-order valence-electron chi connectivity index (χ4n) is 5.85. The first-order chi connectivity index (χ1) is 18.5. The highest BCUT2D eigenvalue weighted by Crippen LogP contribution is 2.52. The molecule has 10 heteroatoms. The van der Waals surface area contributed by atoms with Crippen LogP contribution >= 0.6 is 0 Å². The number of amides is 1. The predicted octanol–water partition coefficient (Wildman–Crippen LogP) is 2.63. The van der Waals surface area contributed by atoms with Crippen LogP contribution < -0.4 is 19.9 Å². The van der Waals surface area contributed by atoms with E-state index < -0.39 is 11.9 Å². The number of hydrogen-bond donors (Lipinski definition) is 1.